The minimum atomic E-state index is -4.86. The van der Waals surface area contributed by atoms with Crippen LogP contribution in [0.25, 0.3) is 5.57 Å². The number of halogens is 5. The lowest BCUT2D eigenvalue weighted by atomic mass is 9.98. The largest absolute Gasteiger partial charge is 0.417 e. The van der Waals surface area contributed by atoms with E-state index in [2.05, 4.69) is 5.32 Å². The van der Waals surface area contributed by atoms with E-state index in [9.17, 15) is 31.2 Å². The molecule has 0 bridgehead atoms. The van der Waals surface area contributed by atoms with E-state index in [1.54, 1.807) is 0 Å². The number of allylic oxidation sites excluding steroid dienone is 2. The number of hydrogen-bond donors (Lipinski definition) is 1. The van der Waals surface area contributed by atoms with E-state index in [0.29, 0.717) is 11.6 Å². The van der Waals surface area contributed by atoms with Crippen molar-refractivity contribution >= 4 is 50.5 Å². The van der Waals surface area contributed by atoms with Crippen LogP contribution < -0.4 is 5.32 Å². The van der Waals surface area contributed by atoms with Gasteiger partial charge in [0.05, 0.1) is 31.0 Å². The van der Waals surface area contributed by atoms with Gasteiger partial charge in [-0.15, -0.1) is 0 Å². The van der Waals surface area contributed by atoms with E-state index in [1.165, 1.54) is 31.2 Å². The first-order valence-corrected chi connectivity index (χ1v) is 12.6. The molecule has 2 aromatic carbocycles. The van der Waals surface area contributed by atoms with Crippen LogP contribution in [0, 0.1) is 6.92 Å². The lowest BCUT2D eigenvalue weighted by Gasteiger charge is -2.14. The quantitative estimate of drug-likeness (QED) is 0.424. The van der Waals surface area contributed by atoms with E-state index in [-0.39, 0.29) is 39.9 Å². The number of hydrogen-bond acceptors (Lipinski definition) is 5. The fourth-order valence-electron chi connectivity index (χ4n) is 3.36. The summed E-state index contributed by atoms with van der Waals surface area (Å²) in [5, 5.41) is 2.59. The van der Waals surface area contributed by atoms with Gasteiger partial charge in [0.1, 0.15) is 0 Å². The van der Waals surface area contributed by atoms with Crippen LogP contribution in [0.4, 0.5) is 13.2 Å². The summed E-state index contributed by atoms with van der Waals surface area (Å²) in [4.78, 5) is 30.3. The Morgan fingerprint density at radius 2 is 1.74 bits per heavy atom. The molecule has 1 aliphatic rings. The summed E-state index contributed by atoms with van der Waals surface area (Å²) in [5.74, 6) is -1.48. The number of rotatable bonds is 6. The summed E-state index contributed by atoms with van der Waals surface area (Å²) in [6, 6.07) is 6.60. The van der Waals surface area contributed by atoms with Crippen LogP contribution in [0.15, 0.2) is 42.5 Å². The minimum absolute atomic E-state index is 0.0198. The van der Waals surface area contributed by atoms with Gasteiger partial charge in [0.15, 0.2) is 5.78 Å². The summed E-state index contributed by atoms with van der Waals surface area (Å²) < 4.78 is 64.8. The van der Waals surface area contributed by atoms with Crippen molar-refractivity contribution in [2.75, 3.05) is 19.4 Å². The summed E-state index contributed by atoms with van der Waals surface area (Å²) in [7, 11) is -3.58. The maximum atomic E-state index is 13.7. The molecule has 1 aliphatic heterocycles. The molecular weight excluding hydrogens is 532 g/mol. The number of nitrogens with one attached hydrogen (secondary N) is 1. The Labute approximate surface area is 209 Å². The van der Waals surface area contributed by atoms with Crippen LogP contribution in [0.3, 0.4) is 0 Å². The molecule has 3 rings (SSSR count). The number of aryl methyl sites for hydroxylation is 1. The lowest BCUT2D eigenvalue weighted by Crippen LogP contribution is -2.39. The monoisotopic (exact) mass is 550 g/mol. The van der Waals surface area contributed by atoms with Crippen LogP contribution >= 0.6 is 23.2 Å². The third-order valence-corrected chi connectivity index (χ3v) is 6.43. The summed E-state index contributed by atoms with van der Waals surface area (Å²) in [6.07, 6.45) is -3.44. The molecule has 1 atom stereocenters. The molecule has 35 heavy (non-hydrogen) atoms. The average Bonchev–Trinajstić information content (AvgIpc) is 3.19. The molecule has 0 aliphatic carbocycles. The number of benzene rings is 2. The first kappa shape index (κ1) is 27.2. The fraction of sp³-hybridized carbons (Fsp3) is 0.273. The van der Waals surface area contributed by atoms with Crippen molar-refractivity contribution in [3.63, 3.8) is 0 Å². The maximum Gasteiger partial charge on any atom is 0.417 e. The van der Waals surface area contributed by atoms with Crippen LogP contribution in [-0.4, -0.2) is 56.2 Å². The molecule has 13 heteroatoms. The van der Waals surface area contributed by atoms with Gasteiger partial charge in [-0.25, -0.2) is 8.42 Å². The molecule has 188 valence electrons. The number of ketones is 1. The summed E-state index contributed by atoms with van der Waals surface area (Å²) in [5.41, 5.74) is -1.15. The molecule has 0 spiro atoms. The van der Waals surface area contributed by atoms with Gasteiger partial charge in [-0.1, -0.05) is 33.7 Å². The predicted octanol–water partition coefficient (Wildman–Crippen LogP) is 4.44. The van der Waals surface area contributed by atoms with Crippen molar-refractivity contribution in [1.29, 1.82) is 0 Å². The lowest BCUT2D eigenvalue weighted by molar-refractivity contribution is -0.0689. The Balaban J connectivity index is 1.82. The molecule has 2 aromatic rings. The molecule has 1 unspecified atom stereocenters. The van der Waals surface area contributed by atoms with Crippen molar-refractivity contribution in [2.45, 2.75) is 19.1 Å². The number of carbonyl (C=O) groups excluding carboxylic acids is 2. The average molecular weight is 551 g/mol. The SMILES string of the molecule is Cc1cc(C(=O)/C=C(\c2cc(Cl)cc(Cl)c2)C(F)(F)F)ccc1C(=O)NC1CON(S(C)(=O)=O)C1. The molecule has 0 saturated carbocycles. The van der Waals surface area contributed by atoms with Gasteiger partial charge in [-0.05, 0) is 54.5 Å². The molecule has 7 nitrogen and oxygen atoms in total. The number of carbonyl (C=O) groups is 2. The molecule has 1 fully saturated rings. The van der Waals surface area contributed by atoms with Gasteiger partial charge in [0.2, 0.25) is 10.0 Å². The smallest absolute Gasteiger partial charge is 0.345 e. The van der Waals surface area contributed by atoms with E-state index in [0.717, 1.165) is 22.9 Å². The van der Waals surface area contributed by atoms with Crippen molar-refractivity contribution in [3.05, 3.63) is 74.8 Å². The Morgan fingerprint density at radius 1 is 1.11 bits per heavy atom. The first-order chi connectivity index (χ1) is 16.1. The van der Waals surface area contributed by atoms with Crippen LogP contribution in [-0.2, 0) is 14.9 Å². The highest BCUT2D eigenvalue weighted by molar-refractivity contribution is 7.88. The number of hydroxylamine groups is 1. The maximum absolute atomic E-state index is 13.7. The van der Waals surface area contributed by atoms with Gasteiger partial charge in [-0.3, -0.25) is 14.4 Å². The second kappa shape index (κ2) is 10.3. The zero-order valence-electron chi connectivity index (χ0n) is 18.3. The van der Waals surface area contributed by atoms with E-state index in [1.807, 2.05) is 0 Å². The molecule has 1 amide bonds. The number of amides is 1. The fourth-order valence-corrected chi connectivity index (χ4v) is 4.59. The Bertz CT molecular complexity index is 1290. The van der Waals surface area contributed by atoms with Crippen molar-refractivity contribution < 1.29 is 36.0 Å². The van der Waals surface area contributed by atoms with Gasteiger partial charge in [-0.2, -0.15) is 13.2 Å². The van der Waals surface area contributed by atoms with E-state index < -0.39 is 39.5 Å². The third kappa shape index (κ3) is 6.83. The third-order valence-electron chi connectivity index (χ3n) is 5.00. The van der Waals surface area contributed by atoms with E-state index in [4.69, 9.17) is 28.0 Å². The normalized spacial score (nSPS) is 17.5. The number of sulfonamides is 1. The topological polar surface area (TPSA) is 92.8 Å². The zero-order valence-corrected chi connectivity index (χ0v) is 20.6. The van der Waals surface area contributed by atoms with Gasteiger partial charge >= 0.3 is 6.18 Å². The molecule has 1 heterocycles. The van der Waals surface area contributed by atoms with Crippen LogP contribution in [0.1, 0.15) is 31.8 Å². The van der Waals surface area contributed by atoms with Crippen molar-refractivity contribution in [3.8, 4) is 0 Å². The first-order valence-electron chi connectivity index (χ1n) is 9.97. The Hall–Kier alpha value is -2.44. The van der Waals surface area contributed by atoms with Crippen LogP contribution in [0.2, 0.25) is 10.0 Å². The highest BCUT2D eigenvalue weighted by Crippen LogP contribution is 2.36. The van der Waals surface area contributed by atoms with Crippen LogP contribution in [0.5, 0.6) is 0 Å². The molecule has 1 N–H and O–H groups in total. The number of alkyl halides is 3. The number of nitrogens with zero attached hydrogens (tertiary/aromatic N) is 1. The summed E-state index contributed by atoms with van der Waals surface area (Å²) in [6.45, 7) is 1.40. The van der Waals surface area contributed by atoms with Crippen molar-refractivity contribution in [2.24, 2.45) is 0 Å². The summed E-state index contributed by atoms with van der Waals surface area (Å²) >= 11 is 11.6. The van der Waals surface area contributed by atoms with Gasteiger partial charge in [0.25, 0.3) is 5.91 Å². The zero-order chi connectivity index (χ0) is 26.1. The van der Waals surface area contributed by atoms with Gasteiger partial charge in [0, 0.05) is 21.2 Å². The van der Waals surface area contributed by atoms with E-state index >= 15 is 0 Å². The molecule has 1 saturated heterocycles. The predicted molar refractivity (Wildman–Crippen MR) is 125 cm³/mol. The second-order valence-corrected chi connectivity index (χ2v) is 10.6. The standard InChI is InChI=1S/C22H19Cl2F3N2O5S/c1-12-5-13(3-4-18(12)21(31)28-17-10-29(34-11-17)35(2,32)33)20(30)9-19(22(25,26)27)14-6-15(23)8-16(24)7-14/h3-9,17H,10-11H2,1-2H3,(H,28,31)/b19-9+. The Kier molecular flexibility index (Phi) is 7.97. The molecule has 0 aromatic heterocycles. The van der Waals surface area contributed by atoms with Crippen molar-refractivity contribution in [1.82, 2.24) is 9.79 Å². The second-order valence-electron chi connectivity index (χ2n) is 7.82. The minimum Gasteiger partial charge on any atom is -0.345 e. The highest BCUT2D eigenvalue weighted by atomic mass is 35.5. The Morgan fingerprint density at radius 3 is 2.26 bits per heavy atom. The highest BCUT2D eigenvalue weighted by Gasteiger charge is 2.36. The van der Waals surface area contributed by atoms with Gasteiger partial charge < -0.3 is 5.32 Å². The molecular formula is C22H19Cl2F3N2O5S. The molecule has 0 radical (unpaired) electrons.